The van der Waals surface area contributed by atoms with Crippen molar-refractivity contribution in [2.24, 2.45) is 5.10 Å². The van der Waals surface area contributed by atoms with Crippen LogP contribution < -0.4 is 5.43 Å². The maximum Gasteiger partial charge on any atom is 0.236 e. The minimum absolute atomic E-state index is 0.172. The Kier molecular flexibility index (Phi) is 2.72. The molecule has 16 heavy (non-hydrogen) atoms. The zero-order chi connectivity index (χ0) is 11.5. The summed E-state index contributed by atoms with van der Waals surface area (Å²) in [5.41, 5.74) is 5.51. The fourth-order valence-corrected chi connectivity index (χ4v) is 1.65. The molecule has 0 spiro atoms. The van der Waals surface area contributed by atoms with Crippen LogP contribution in [0, 0.1) is 6.92 Å². The molecule has 0 fully saturated rings. The number of nitrogens with one attached hydrogen (secondary N) is 2. The molecule has 0 aliphatic carbocycles. The summed E-state index contributed by atoms with van der Waals surface area (Å²) in [6, 6.07) is 7.99. The number of fused-ring (bicyclic) bond motifs is 1. The van der Waals surface area contributed by atoms with Gasteiger partial charge in [-0.05, 0) is 13.0 Å². The van der Waals surface area contributed by atoms with Crippen molar-refractivity contribution in [3.05, 3.63) is 35.5 Å². The standard InChI is InChI=1S/C12H13N3O/c1-8-11(7-13-15-9(2)16)10-5-3-4-6-12(10)14-8/h3-7,14H,1-2H3,(H,15,16)/b13-7+. The number of rotatable bonds is 2. The lowest BCUT2D eigenvalue weighted by Gasteiger charge is -1.93. The zero-order valence-electron chi connectivity index (χ0n) is 9.24. The second-order valence-corrected chi connectivity index (χ2v) is 3.64. The highest BCUT2D eigenvalue weighted by molar-refractivity contribution is 6.00. The molecule has 2 aromatic rings. The van der Waals surface area contributed by atoms with Crippen LogP contribution in [0.25, 0.3) is 10.9 Å². The lowest BCUT2D eigenvalue weighted by Crippen LogP contribution is -2.12. The highest BCUT2D eigenvalue weighted by Gasteiger charge is 2.04. The number of amides is 1. The van der Waals surface area contributed by atoms with Gasteiger partial charge in [-0.3, -0.25) is 4.79 Å². The number of hydrogen-bond acceptors (Lipinski definition) is 2. The Hall–Kier alpha value is -2.10. The highest BCUT2D eigenvalue weighted by Crippen LogP contribution is 2.19. The van der Waals surface area contributed by atoms with Crippen LogP contribution in [0.3, 0.4) is 0 Å². The van der Waals surface area contributed by atoms with Gasteiger partial charge in [0.1, 0.15) is 0 Å². The van der Waals surface area contributed by atoms with E-state index in [9.17, 15) is 4.79 Å². The summed E-state index contributed by atoms with van der Waals surface area (Å²) >= 11 is 0. The molecule has 0 atom stereocenters. The van der Waals surface area contributed by atoms with Crippen molar-refractivity contribution in [1.29, 1.82) is 0 Å². The van der Waals surface area contributed by atoms with E-state index in [4.69, 9.17) is 0 Å². The van der Waals surface area contributed by atoms with Gasteiger partial charge in [0.25, 0.3) is 0 Å². The van der Waals surface area contributed by atoms with Crippen molar-refractivity contribution in [3.63, 3.8) is 0 Å². The monoisotopic (exact) mass is 215 g/mol. The average Bonchev–Trinajstić information content (AvgIpc) is 2.55. The van der Waals surface area contributed by atoms with Crippen molar-refractivity contribution in [1.82, 2.24) is 10.4 Å². The predicted octanol–water partition coefficient (Wildman–Crippen LogP) is 1.95. The Bertz CT molecular complexity index is 554. The molecule has 82 valence electrons. The van der Waals surface area contributed by atoms with Crippen LogP contribution >= 0.6 is 0 Å². The van der Waals surface area contributed by atoms with Crippen molar-refractivity contribution < 1.29 is 4.79 Å². The summed E-state index contributed by atoms with van der Waals surface area (Å²) in [5, 5.41) is 4.99. The minimum Gasteiger partial charge on any atom is -0.358 e. The van der Waals surface area contributed by atoms with Gasteiger partial charge in [0, 0.05) is 29.1 Å². The normalized spacial score (nSPS) is 11.1. The van der Waals surface area contributed by atoms with E-state index in [2.05, 4.69) is 15.5 Å². The summed E-state index contributed by atoms with van der Waals surface area (Å²) in [6.45, 7) is 3.41. The molecule has 1 amide bonds. The third kappa shape index (κ3) is 1.95. The number of nitrogens with zero attached hydrogens (tertiary/aromatic N) is 1. The fraction of sp³-hybridized carbons (Fsp3) is 0.167. The first-order valence-corrected chi connectivity index (χ1v) is 5.05. The lowest BCUT2D eigenvalue weighted by atomic mass is 10.1. The second-order valence-electron chi connectivity index (χ2n) is 3.64. The lowest BCUT2D eigenvalue weighted by molar-refractivity contribution is -0.118. The number of benzene rings is 1. The summed E-state index contributed by atoms with van der Waals surface area (Å²) in [4.78, 5) is 13.9. The third-order valence-electron chi connectivity index (χ3n) is 2.36. The third-order valence-corrected chi connectivity index (χ3v) is 2.36. The number of aryl methyl sites for hydroxylation is 1. The molecule has 1 aromatic carbocycles. The Morgan fingerprint density at radius 2 is 2.19 bits per heavy atom. The van der Waals surface area contributed by atoms with Crippen LogP contribution in [-0.4, -0.2) is 17.1 Å². The number of H-pyrrole nitrogens is 1. The van der Waals surface area contributed by atoms with E-state index < -0.39 is 0 Å². The van der Waals surface area contributed by atoms with Gasteiger partial charge >= 0.3 is 0 Å². The molecule has 2 rings (SSSR count). The average molecular weight is 215 g/mol. The van der Waals surface area contributed by atoms with Crippen molar-refractivity contribution in [2.75, 3.05) is 0 Å². The molecule has 0 bridgehead atoms. The highest BCUT2D eigenvalue weighted by atomic mass is 16.2. The summed E-state index contributed by atoms with van der Waals surface area (Å²) in [5.74, 6) is -0.172. The van der Waals surface area contributed by atoms with Crippen molar-refractivity contribution in [2.45, 2.75) is 13.8 Å². The minimum atomic E-state index is -0.172. The number of carbonyl (C=O) groups is 1. The second kappa shape index (κ2) is 4.18. The SMILES string of the molecule is CC(=O)N/N=C/c1c(C)[nH]c2ccccc12. The number of aromatic amines is 1. The van der Waals surface area contributed by atoms with E-state index in [0.29, 0.717) is 0 Å². The van der Waals surface area contributed by atoms with Gasteiger partial charge < -0.3 is 4.98 Å². The van der Waals surface area contributed by atoms with Gasteiger partial charge in [0.05, 0.1) is 6.21 Å². The predicted molar refractivity (Wildman–Crippen MR) is 64.4 cm³/mol. The van der Waals surface area contributed by atoms with Gasteiger partial charge in [-0.1, -0.05) is 18.2 Å². The number of carbonyl (C=O) groups excluding carboxylic acids is 1. The molecule has 0 unspecified atom stereocenters. The van der Waals surface area contributed by atoms with Gasteiger partial charge in [-0.25, -0.2) is 5.43 Å². The summed E-state index contributed by atoms with van der Waals surface area (Å²) in [6.07, 6.45) is 1.66. The number of hydrogen-bond donors (Lipinski definition) is 2. The van der Waals surface area contributed by atoms with Crippen molar-refractivity contribution >= 4 is 23.0 Å². The number of aromatic nitrogens is 1. The van der Waals surface area contributed by atoms with Gasteiger partial charge in [0.15, 0.2) is 0 Å². The molecule has 4 heteroatoms. The quantitative estimate of drug-likeness (QED) is 0.583. The van der Waals surface area contributed by atoms with Crippen LogP contribution in [0.2, 0.25) is 0 Å². The molecule has 0 aliphatic heterocycles. The smallest absolute Gasteiger partial charge is 0.236 e. The molecule has 0 radical (unpaired) electrons. The molecule has 0 saturated heterocycles. The molecule has 0 saturated carbocycles. The number of para-hydroxylation sites is 1. The topological polar surface area (TPSA) is 57.2 Å². The van der Waals surface area contributed by atoms with Crippen LogP contribution in [0.1, 0.15) is 18.2 Å². The van der Waals surface area contributed by atoms with E-state index >= 15 is 0 Å². The molecular formula is C12H13N3O. The van der Waals surface area contributed by atoms with Gasteiger partial charge in [0.2, 0.25) is 5.91 Å². The largest absolute Gasteiger partial charge is 0.358 e. The van der Waals surface area contributed by atoms with Crippen LogP contribution in [0.4, 0.5) is 0 Å². The molecule has 2 N–H and O–H groups in total. The Morgan fingerprint density at radius 1 is 1.44 bits per heavy atom. The van der Waals surface area contributed by atoms with E-state index in [1.165, 1.54) is 6.92 Å². The molecular weight excluding hydrogens is 202 g/mol. The van der Waals surface area contributed by atoms with Crippen LogP contribution in [0.15, 0.2) is 29.4 Å². The van der Waals surface area contributed by atoms with Crippen LogP contribution in [-0.2, 0) is 4.79 Å². The maximum atomic E-state index is 10.7. The van der Waals surface area contributed by atoms with Gasteiger partial charge in [-0.2, -0.15) is 5.10 Å². The van der Waals surface area contributed by atoms with E-state index in [1.807, 2.05) is 31.2 Å². The maximum absolute atomic E-state index is 10.7. The molecule has 0 aliphatic rings. The van der Waals surface area contributed by atoms with Crippen LogP contribution in [0.5, 0.6) is 0 Å². The molecule has 1 aromatic heterocycles. The first-order valence-electron chi connectivity index (χ1n) is 5.05. The molecule has 4 nitrogen and oxygen atoms in total. The fourth-order valence-electron chi connectivity index (χ4n) is 1.65. The zero-order valence-corrected chi connectivity index (χ0v) is 9.24. The Labute approximate surface area is 93.4 Å². The number of hydrazone groups is 1. The van der Waals surface area contributed by atoms with Gasteiger partial charge in [-0.15, -0.1) is 0 Å². The Morgan fingerprint density at radius 3 is 2.94 bits per heavy atom. The Balaban J connectivity index is 2.39. The first-order chi connectivity index (χ1) is 7.68. The first kappa shape index (κ1) is 10.4. The van der Waals surface area contributed by atoms with E-state index in [-0.39, 0.29) is 5.91 Å². The summed E-state index contributed by atoms with van der Waals surface area (Å²) < 4.78 is 0. The van der Waals surface area contributed by atoms with E-state index in [0.717, 1.165) is 22.2 Å². The molecule has 1 heterocycles. The van der Waals surface area contributed by atoms with E-state index in [1.54, 1.807) is 6.21 Å². The summed E-state index contributed by atoms with van der Waals surface area (Å²) in [7, 11) is 0. The van der Waals surface area contributed by atoms with Crippen molar-refractivity contribution in [3.8, 4) is 0 Å².